The minimum Gasteiger partial charge on any atom is -0.502 e. The van der Waals surface area contributed by atoms with Gasteiger partial charge in [-0.05, 0) is 23.8 Å². The van der Waals surface area contributed by atoms with Gasteiger partial charge in [0.25, 0.3) is 5.91 Å². The van der Waals surface area contributed by atoms with Crippen molar-refractivity contribution >= 4 is 11.9 Å². The van der Waals surface area contributed by atoms with Crippen LogP contribution in [0.5, 0.6) is 0 Å². The molecule has 5 nitrogen and oxygen atoms in total. The van der Waals surface area contributed by atoms with Crippen LogP contribution in [0.15, 0.2) is 54.3 Å². The number of carbonyl (C=O) groups is 2. The summed E-state index contributed by atoms with van der Waals surface area (Å²) < 4.78 is 44.4. The zero-order valence-electron chi connectivity index (χ0n) is 14.3. The molecule has 2 aromatic rings. The van der Waals surface area contributed by atoms with Crippen molar-refractivity contribution in [3.8, 4) is 0 Å². The predicted octanol–water partition coefficient (Wildman–Crippen LogP) is 3.25. The Bertz CT molecular complexity index is 866. The Balaban J connectivity index is 2.30. The number of carbonyl (C=O) groups excluding carboxylic acids is 2. The predicted molar refractivity (Wildman–Crippen MR) is 89.7 cm³/mol. The van der Waals surface area contributed by atoms with Crippen molar-refractivity contribution in [3.05, 3.63) is 82.9 Å². The highest BCUT2D eigenvalue weighted by molar-refractivity contribution is 5.96. The standard InChI is InChI=1S/C19H16F3NO4/c1-27-19(26)17(24)9-18(25)23(10-12-2-5-14(20)6-3-12)11-13-4-7-15(21)8-16(13)22/h2-9,24H,10-11H2,1H3. The summed E-state index contributed by atoms with van der Waals surface area (Å²) in [6, 6.07) is 8.15. The molecule has 0 radical (unpaired) electrons. The smallest absolute Gasteiger partial charge is 0.373 e. The molecule has 142 valence electrons. The fourth-order valence-electron chi connectivity index (χ4n) is 2.25. The quantitative estimate of drug-likeness (QED) is 0.475. The van der Waals surface area contributed by atoms with Crippen LogP contribution in [0.2, 0.25) is 0 Å². The minimum atomic E-state index is -1.11. The van der Waals surface area contributed by atoms with Gasteiger partial charge in [0.05, 0.1) is 13.2 Å². The van der Waals surface area contributed by atoms with Gasteiger partial charge in [0.15, 0.2) is 0 Å². The lowest BCUT2D eigenvalue weighted by molar-refractivity contribution is -0.139. The van der Waals surface area contributed by atoms with E-state index in [1.807, 2.05) is 0 Å². The van der Waals surface area contributed by atoms with Crippen molar-refractivity contribution in [1.29, 1.82) is 0 Å². The second kappa shape index (κ2) is 8.88. The number of esters is 1. The highest BCUT2D eigenvalue weighted by Crippen LogP contribution is 2.16. The van der Waals surface area contributed by atoms with Gasteiger partial charge >= 0.3 is 5.97 Å². The third-order valence-electron chi connectivity index (χ3n) is 3.63. The molecule has 0 atom stereocenters. The monoisotopic (exact) mass is 379 g/mol. The molecule has 8 heteroatoms. The summed E-state index contributed by atoms with van der Waals surface area (Å²) in [4.78, 5) is 24.8. The number of methoxy groups -OCH3 is 1. The van der Waals surface area contributed by atoms with Crippen molar-refractivity contribution < 1.29 is 32.6 Å². The third kappa shape index (κ3) is 5.60. The van der Waals surface area contributed by atoms with E-state index < -0.39 is 35.1 Å². The first-order valence-electron chi connectivity index (χ1n) is 7.76. The lowest BCUT2D eigenvalue weighted by Gasteiger charge is -2.22. The average Bonchev–Trinajstić information content (AvgIpc) is 2.64. The number of amides is 1. The first kappa shape index (κ1) is 20.0. The molecule has 0 saturated carbocycles. The zero-order chi connectivity index (χ0) is 20.0. The molecule has 27 heavy (non-hydrogen) atoms. The van der Waals surface area contributed by atoms with Crippen LogP contribution in [0.1, 0.15) is 11.1 Å². The van der Waals surface area contributed by atoms with Gasteiger partial charge in [-0.1, -0.05) is 18.2 Å². The number of halogens is 3. The fourth-order valence-corrected chi connectivity index (χ4v) is 2.25. The van der Waals surface area contributed by atoms with Gasteiger partial charge in [0.1, 0.15) is 17.5 Å². The van der Waals surface area contributed by atoms with Gasteiger partial charge in [0, 0.05) is 24.7 Å². The van der Waals surface area contributed by atoms with Crippen LogP contribution in [0.25, 0.3) is 0 Å². The van der Waals surface area contributed by atoms with Crippen LogP contribution in [-0.2, 0) is 27.4 Å². The molecule has 0 saturated heterocycles. The average molecular weight is 379 g/mol. The topological polar surface area (TPSA) is 66.8 Å². The van der Waals surface area contributed by atoms with E-state index in [1.165, 1.54) is 30.3 Å². The Morgan fingerprint density at radius 2 is 1.67 bits per heavy atom. The molecule has 1 N–H and O–H groups in total. The van der Waals surface area contributed by atoms with Crippen LogP contribution in [0, 0.1) is 17.5 Å². The Hall–Kier alpha value is -3.29. The molecule has 0 unspecified atom stereocenters. The summed E-state index contributed by atoms with van der Waals surface area (Å²) in [5.74, 6) is -4.94. The summed E-state index contributed by atoms with van der Waals surface area (Å²) in [6.45, 7) is -0.339. The Morgan fingerprint density at radius 3 is 2.26 bits per heavy atom. The van der Waals surface area contributed by atoms with E-state index in [0.717, 1.165) is 18.1 Å². The number of hydrogen-bond donors (Lipinski definition) is 1. The number of aliphatic hydroxyl groups is 1. The molecular formula is C19H16F3NO4. The highest BCUT2D eigenvalue weighted by Gasteiger charge is 2.18. The van der Waals surface area contributed by atoms with E-state index in [9.17, 15) is 27.9 Å². The van der Waals surface area contributed by atoms with E-state index in [4.69, 9.17) is 0 Å². The van der Waals surface area contributed by atoms with Gasteiger partial charge in [-0.3, -0.25) is 4.79 Å². The molecule has 0 aliphatic rings. The van der Waals surface area contributed by atoms with Crippen LogP contribution in [0.4, 0.5) is 13.2 Å². The first-order valence-corrected chi connectivity index (χ1v) is 7.76. The largest absolute Gasteiger partial charge is 0.502 e. The van der Waals surface area contributed by atoms with E-state index in [2.05, 4.69) is 4.74 Å². The maximum absolute atomic E-state index is 13.9. The van der Waals surface area contributed by atoms with Gasteiger partial charge in [-0.2, -0.15) is 0 Å². The molecule has 2 rings (SSSR count). The summed E-state index contributed by atoms with van der Waals surface area (Å²) >= 11 is 0. The molecule has 0 spiro atoms. The molecule has 0 aliphatic carbocycles. The molecule has 1 amide bonds. The molecular weight excluding hydrogens is 363 g/mol. The maximum Gasteiger partial charge on any atom is 0.373 e. The molecule has 0 fully saturated rings. The fraction of sp³-hybridized carbons (Fsp3) is 0.158. The van der Waals surface area contributed by atoms with E-state index in [-0.39, 0.29) is 18.7 Å². The van der Waals surface area contributed by atoms with Crippen LogP contribution in [-0.4, -0.2) is 29.0 Å². The number of aliphatic hydroxyl groups excluding tert-OH is 1. The third-order valence-corrected chi connectivity index (χ3v) is 3.63. The minimum absolute atomic E-state index is 0.0258. The lowest BCUT2D eigenvalue weighted by Crippen LogP contribution is -2.29. The lowest BCUT2D eigenvalue weighted by atomic mass is 10.1. The second-order valence-electron chi connectivity index (χ2n) is 5.58. The Morgan fingerprint density at radius 1 is 1.04 bits per heavy atom. The summed E-state index contributed by atoms with van der Waals surface area (Å²) in [6.07, 6.45) is 0.636. The van der Waals surface area contributed by atoms with Crippen molar-refractivity contribution in [1.82, 2.24) is 4.90 Å². The normalized spacial score (nSPS) is 11.2. The van der Waals surface area contributed by atoms with Crippen molar-refractivity contribution in [3.63, 3.8) is 0 Å². The number of ether oxygens (including phenoxy) is 1. The summed E-state index contributed by atoms with van der Waals surface area (Å²) in [5, 5.41) is 9.56. The second-order valence-corrected chi connectivity index (χ2v) is 5.58. The number of hydrogen-bond acceptors (Lipinski definition) is 4. The van der Waals surface area contributed by atoms with E-state index in [1.54, 1.807) is 0 Å². The molecule has 2 aromatic carbocycles. The van der Waals surface area contributed by atoms with Crippen LogP contribution >= 0.6 is 0 Å². The molecule has 0 heterocycles. The van der Waals surface area contributed by atoms with Gasteiger partial charge in [-0.15, -0.1) is 0 Å². The molecule has 0 bridgehead atoms. The number of rotatable bonds is 6. The Kier molecular flexibility index (Phi) is 6.59. The van der Waals surface area contributed by atoms with Gasteiger partial charge < -0.3 is 14.7 Å². The highest BCUT2D eigenvalue weighted by atomic mass is 19.1. The maximum atomic E-state index is 13.9. The molecule has 0 aliphatic heterocycles. The van der Waals surface area contributed by atoms with Crippen molar-refractivity contribution in [2.24, 2.45) is 0 Å². The number of benzene rings is 2. The SMILES string of the molecule is COC(=O)C(O)=CC(=O)N(Cc1ccc(F)cc1)Cc1ccc(F)cc1F. The number of nitrogens with zero attached hydrogens (tertiary/aromatic N) is 1. The van der Waals surface area contributed by atoms with Crippen LogP contribution < -0.4 is 0 Å². The van der Waals surface area contributed by atoms with Crippen LogP contribution in [0.3, 0.4) is 0 Å². The first-order chi connectivity index (χ1) is 12.8. The van der Waals surface area contributed by atoms with Gasteiger partial charge in [0.2, 0.25) is 5.76 Å². The van der Waals surface area contributed by atoms with E-state index in [0.29, 0.717) is 17.7 Å². The Labute approximate surface area is 153 Å². The summed E-state index contributed by atoms with van der Waals surface area (Å²) in [5.41, 5.74) is 0.552. The summed E-state index contributed by atoms with van der Waals surface area (Å²) in [7, 11) is 1.03. The van der Waals surface area contributed by atoms with E-state index >= 15 is 0 Å². The zero-order valence-corrected chi connectivity index (χ0v) is 14.3. The van der Waals surface area contributed by atoms with Crippen molar-refractivity contribution in [2.75, 3.05) is 7.11 Å². The molecule has 0 aromatic heterocycles. The van der Waals surface area contributed by atoms with Crippen molar-refractivity contribution in [2.45, 2.75) is 13.1 Å². The van der Waals surface area contributed by atoms with Gasteiger partial charge in [-0.25, -0.2) is 18.0 Å².